The van der Waals surface area contributed by atoms with Crippen LogP contribution in [-0.2, 0) is 16.6 Å². The van der Waals surface area contributed by atoms with E-state index < -0.39 is 22.1 Å². The van der Waals surface area contributed by atoms with Gasteiger partial charge in [-0.1, -0.05) is 13.8 Å². The van der Waals surface area contributed by atoms with E-state index >= 15 is 0 Å². The monoisotopic (exact) mass is 318 g/mol. The topological polar surface area (TPSA) is 109 Å². The van der Waals surface area contributed by atoms with Crippen molar-refractivity contribution >= 4 is 16.0 Å². The molecule has 0 saturated carbocycles. The molecule has 1 atom stereocenters. The highest BCUT2D eigenvalue weighted by Gasteiger charge is 2.21. The van der Waals surface area contributed by atoms with Crippen LogP contribution in [0.3, 0.4) is 0 Å². The van der Waals surface area contributed by atoms with E-state index in [0.717, 1.165) is 6.07 Å². The van der Waals surface area contributed by atoms with Crippen molar-refractivity contribution in [3.63, 3.8) is 0 Å². The molecule has 0 spiro atoms. The van der Waals surface area contributed by atoms with Gasteiger partial charge in [-0.05, 0) is 25.3 Å². The minimum Gasteiger partial charge on any atom is -0.477 e. The summed E-state index contributed by atoms with van der Waals surface area (Å²) in [4.78, 5) is 11.0. The number of nitrogens with zero attached hydrogens (tertiary/aromatic N) is 1. The highest BCUT2D eigenvalue weighted by Crippen LogP contribution is 2.15. The van der Waals surface area contributed by atoms with Crippen molar-refractivity contribution in [2.24, 2.45) is 0 Å². The predicted molar refractivity (Wildman–Crippen MR) is 77.8 cm³/mol. The first-order valence-corrected chi connectivity index (χ1v) is 8.41. The Morgan fingerprint density at radius 2 is 2.10 bits per heavy atom. The molecule has 120 valence electrons. The summed E-state index contributed by atoms with van der Waals surface area (Å²) in [6.07, 6.45) is 2.34. The Morgan fingerprint density at radius 1 is 1.43 bits per heavy atom. The molecule has 1 aromatic heterocycles. The van der Waals surface area contributed by atoms with Gasteiger partial charge < -0.3 is 14.8 Å². The standard InChI is InChI=1S/C13H22N2O5S/c1-3-7-15-9-11(8-12(15)13(17)18)21(19,20)14-6-5-10(16)4-2/h8-10,14,16H,3-7H2,1-2H3,(H,17,18). The van der Waals surface area contributed by atoms with Crippen LogP contribution in [0, 0.1) is 0 Å². The number of carbonyl (C=O) groups is 1. The van der Waals surface area contributed by atoms with Crippen LogP contribution < -0.4 is 4.72 Å². The van der Waals surface area contributed by atoms with Gasteiger partial charge in [-0.2, -0.15) is 0 Å². The molecule has 0 radical (unpaired) electrons. The number of carboxylic acid groups (broad SMARTS) is 1. The van der Waals surface area contributed by atoms with Gasteiger partial charge in [0.15, 0.2) is 0 Å². The summed E-state index contributed by atoms with van der Waals surface area (Å²) in [5, 5.41) is 18.5. The second-order valence-corrected chi connectivity index (χ2v) is 6.58. The van der Waals surface area contributed by atoms with E-state index in [4.69, 9.17) is 5.11 Å². The highest BCUT2D eigenvalue weighted by atomic mass is 32.2. The van der Waals surface area contributed by atoms with E-state index in [0.29, 0.717) is 25.8 Å². The number of aliphatic hydroxyl groups is 1. The van der Waals surface area contributed by atoms with E-state index in [-0.39, 0.29) is 17.1 Å². The van der Waals surface area contributed by atoms with E-state index in [2.05, 4.69) is 4.72 Å². The summed E-state index contributed by atoms with van der Waals surface area (Å²) in [6.45, 7) is 4.23. The van der Waals surface area contributed by atoms with E-state index in [1.165, 1.54) is 10.8 Å². The number of aryl methyl sites for hydroxylation is 1. The molecule has 8 heteroatoms. The fourth-order valence-corrected chi connectivity index (χ4v) is 2.97. The lowest BCUT2D eigenvalue weighted by Gasteiger charge is -2.08. The first kappa shape index (κ1) is 17.7. The van der Waals surface area contributed by atoms with Crippen LogP contribution in [0.4, 0.5) is 0 Å². The smallest absolute Gasteiger partial charge is 0.352 e. The molecule has 0 saturated heterocycles. The zero-order valence-corrected chi connectivity index (χ0v) is 13.1. The molecular weight excluding hydrogens is 296 g/mol. The molecule has 0 aromatic carbocycles. The molecular formula is C13H22N2O5S. The van der Waals surface area contributed by atoms with Gasteiger partial charge in [-0.15, -0.1) is 0 Å². The largest absolute Gasteiger partial charge is 0.477 e. The molecule has 1 aromatic rings. The van der Waals surface area contributed by atoms with Crippen LogP contribution in [0.1, 0.15) is 43.6 Å². The summed E-state index contributed by atoms with van der Waals surface area (Å²) in [5.74, 6) is -1.16. The molecule has 3 N–H and O–H groups in total. The van der Waals surface area contributed by atoms with Gasteiger partial charge in [0.2, 0.25) is 10.0 Å². The Hall–Kier alpha value is -1.38. The fourth-order valence-electron chi connectivity index (χ4n) is 1.88. The Kier molecular flexibility index (Phi) is 6.38. The van der Waals surface area contributed by atoms with Gasteiger partial charge in [0.1, 0.15) is 10.6 Å². The summed E-state index contributed by atoms with van der Waals surface area (Å²) in [7, 11) is -3.76. The van der Waals surface area contributed by atoms with Gasteiger partial charge in [-0.3, -0.25) is 0 Å². The molecule has 7 nitrogen and oxygen atoms in total. The third kappa shape index (κ3) is 4.83. The van der Waals surface area contributed by atoms with Crippen LogP contribution >= 0.6 is 0 Å². The first-order chi connectivity index (χ1) is 9.81. The molecule has 0 bridgehead atoms. The lowest BCUT2D eigenvalue weighted by molar-refractivity contribution is 0.0685. The lowest BCUT2D eigenvalue weighted by Crippen LogP contribution is -2.27. The quantitative estimate of drug-likeness (QED) is 0.630. The summed E-state index contributed by atoms with van der Waals surface area (Å²) >= 11 is 0. The number of sulfonamides is 1. The second-order valence-electron chi connectivity index (χ2n) is 4.81. The Balaban J connectivity index is 2.88. The van der Waals surface area contributed by atoms with Crippen molar-refractivity contribution in [2.45, 2.75) is 50.7 Å². The molecule has 0 aliphatic carbocycles. The van der Waals surface area contributed by atoms with Gasteiger partial charge in [0.25, 0.3) is 0 Å². The highest BCUT2D eigenvalue weighted by molar-refractivity contribution is 7.89. The first-order valence-electron chi connectivity index (χ1n) is 6.93. The van der Waals surface area contributed by atoms with Gasteiger partial charge >= 0.3 is 5.97 Å². The van der Waals surface area contributed by atoms with Crippen molar-refractivity contribution in [3.05, 3.63) is 18.0 Å². The second kappa shape index (κ2) is 7.58. The van der Waals surface area contributed by atoms with Crippen LogP contribution in [0.15, 0.2) is 17.2 Å². The average molecular weight is 318 g/mol. The number of aromatic carboxylic acids is 1. The van der Waals surface area contributed by atoms with Crippen LogP contribution in [0.25, 0.3) is 0 Å². The number of nitrogens with one attached hydrogen (secondary N) is 1. The molecule has 21 heavy (non-hydrogen) atoms. The number of aromatic nitrogens is 1. The third-order valence-electron chi connectivity index (χ3n) is 3.11. The Morgan fingerprint density at radius 3 is 2.62 bits per heavy atom. The number of hydrogen-bond acceptors (Lipinski definition) is 4. The molecule has 1 rings (SSSR count). The molecule has 1 unspecified atom stereocenters. The summed E-state index contributed by atoms with van der Waals surface area (Å²) in [5.41, 5.74) is -0.0502. The molecule has 0 fully saturated rings. The Labute approximate surface area is 124 Å². The fraction of sp³-hybridized carbons (Fsp3) is 0.615. The molecule has 0 aliphatic heterocycles. The Bertz CT molecular complexity index is 579. The zero-order valence-electron chi connectivity index (χ0n) is 12.2. The van der Waals surface area contributed by atoms with Crippen LogP contribution in [0.5, 0.6) is 0 Å². The third-order valence-corrected chi connectivity index (χ3v) is 4.53. The van der Waals surface area contributed by atoms with Gasteiger partial charge in [0, 0.05) is 19.3 Å². The minimum atomic E-state index is -3.76. The van der Waals surface area contributed by atoms with Crippen molar-refractivity contribution in [2.75, 3.05) is 6.54 Å². The molecule has 0 amide bonds. The normalized spacial score (nSPS) is 13.3. The number of rotatable bonds is 9. The van der Waals surface area contributed by atoms with E-state index in [1.54, 1.807) is 0 Å². The number of aliphatic hydroxyl groups excluding tert-OH is 1. The maximum atomic E-state index is 12.1. The maximum Gasteiger partial charge on any atom is 0.352 e. The zero-order chi connectivity index (χ0) is 16.0. The minimum absolute atomic E-state index is 0.0502. The number of carboxylic acids is 1. The van der Waals surface area contributed by atoms with Crippen molar-refractivity contribution in [3.8, 4) is 0 Å². The predicted octanol–water partition coefficient (Wildman–Crippen LogP) is 1.04. The SMILES string of the molecule is CCCn1cc(S(=O)(=O)NCCC(O)CC)cc1C(=O)O. The summed E-state index contributed by atoms with van der Waals surface area (Å²) in [6, 6.07) is 1.15. The lowest BCUT2D eigenvalue weighted by atomic mass is 10.2. The maximum absolute atomic E-state index is 12.1. The van der Waals surface area contributed by atoms with Crippen LogP contribution in [0.2, 0.25) is 0 Å². The van der Waals surface area contributed by atoms with E-state index in [9.17, 15) is 18.3 Å². The van der Waals surface area contributed by atoms with E-state index in [1.807, 2.05) is 13.8 Å². The van der Waals surface area contributed by atoms with Crippen LogP contribution in [-0.4, -0.2) is 41.8 Å². The molecule has 0 aliphatic rings. The van der Waals surface area contributed by atoms with Crippen molar-refractivity contribution < 1.29 is 23.4 Å². The number of hydrogen-bond donors (Lipinski definition) is 3. The average Bonchev–Trinajstić information content (AvgIpc) is 2.83. The van der Waals surface area contributed by atoms with Gasteiger partial charge in [-0.25, -0.2) is 17.9 Å². The summed E-state index contributed by atoms with van der Waals surface area (Å²) < 4.78 is 28.0. The molecule has 1 heterocycles. The van der Waals surface area contributed by atoms with Crippen molar-refractivity contribution in [1.29, 1.82) is 0 Å². The van der Waals surface area contributed by atoms with Crippen molar-refractivity contribution in [1.82, 2.24) is 9.29 Å². The van der Waals surface area contributed by atoms with Gasteiger partial charge in [0.05, 0.1) is 6.10 Å².